The predicted octanol–water partition coefficient (Wildman–Crippen LogP) is 3.82. The number of phenolic OH excluding ortho intramolecular Hbond substituents is 1. The zero-order chi connectivity index (χ0) is 11.0. The normalized spacial score (nSPS) is 16.7. The van der Waals surface area contributed by atoms with E-state index in [-0.39, 0.29) is 18.4 Å². The molecule has 0 bridgehead atoms. The smallest absolute Gasteiger partial charge is 0.142 e. The first kappa shape index (κ1) is 14.8. The molecule has 0 saturated heterocycles. The van der Waals surface area contributed by atoms with Crippen LogP contribution in [0.5, 0.6) is 5.75 Å². The number of hydrogen-bond acceptors (Lipinski definition) is 2. The Morgan fingerprint density at radius 1 is 1.31 bits per heavy atom. The van der Waals surface area contributed by atoms with Crippen molar-refractivity contribution >= 4 is 57.6 Å². The number of halogens is 3. The Bertz CT molecular complexity index is 359. The summed E-state index contributed by atoms with van der Waals surface area (Å²) < 4.78 is 1.78. The Labute approximate surface area is 129 Å². The molecule has 0 radical (unpaired) electrons. The van der Waals surface area contributed by atoms with E-state index >= 15 is 0 Å². The van der Waals surface area contributed by atoms with Crippen LogP contribution >= 0.6 is 57.6 Å². The molecule has 1 aromatic rings. The minimum absolute atomic E-state index is 0. The van der Waals surface area contributed by atoms with Gasteiger partial charge in [0, 0.05) is 6.04 Å². The van der Waals surface area contributed by atoms with Gasteiger partial charge in [-0.3, -0.25) is 0 Å². The Hall–Kier alpha value is 0.730. The van der Waals surface area contributed by atoms with E-state index in [9.17, 15) is 5.11 Å². The second kappa shape index (κ2) is 6.06. The van der Waals surface area contributed by atoms with Gasteiger partial charge in [-0.1, -0.05) is 12.8 Å². The van der Waals surface area contributed by atoms with Crippen LogP contribution in [0.4, 0.5) is 0 Å². The molecule has 0 amide bonds. The SMILES string of the molecule is Cl.N[C@H](CC1CC1)c1cc(I)c(O)c(I)c1. The van der Waals surface area contributed by atoms with Gasteiger partial charge >= 0.3 is 0 Å². The highest BCUT2D eigenvalue weighted by Gasteiger charge is 2.25. The molecule has 16 heavy (non-hydrogen) atoms. The lowest BCUT2D eigenvalue weighted by Gasteiger charge is -2.13. The summed E-state index contributed by atoms with van der Waals surface area (Å²) in [6.07, 6.45) is 3.75. The molecular weight excluding hydrogens is 451 g/mol. The third-order valence-corrected chi connectivity index (χ3v) is 4.40. The predicted molar refractivity (Wildman–Crippen MR) is 85.1 cm³/mol. The molecule has 0 aromatic heterocycles. The molecule has 1 fully saturated rings. The van der Waals surface area contributed by atoms with Crippen molar-refractivity contribution < 1.29 is 5.11 Å². The number of benzene rings is 1. The van der Waals surface area contributed by atoms with E-state index in [0.29, 0.717) is 5.75 Å². The monoisotopic (exact) mass is 465 g/mol. The fourth-order valence-electron chi connectivity index (χ4n) is 1.65. The van der Waals surface area contributed by atoms with Gasteiger partial charge < -0.3 is 10.8 Å². The summed E-state index contributed by atoms with van der Waals surface area (Å²) in [5.74, 6) is 1.21. The molecule has 2 rings (SSSR count). The van der Waals surface area contributed by atoms with Crippen molar-refractivity contribution in [1.29, 1.82) is 0 Å². The van der Waals surface area contributed by atoms with Crippen LogP contribution in [0.15, 0.2) is 12.1 Å². The molecule has 0 unspecified atom stereocenters. The number of phenols is 1. The van der Waals surface area contributed by atoms with Crippen LogP contribution in [0.2, 0.25) is 0 Å². The maximum atomic E-state index is 9.65. The van der Waals surface area contributed by atoms with E-state index in [2.05, 4.69) is 45.2 Å². The van der Waals surface area contributed by atoms with Gasteiger partial charge in [0.25, 0.3) is 0 Å². The topological polar surface area (TPSA) is 46.2 Å². The van der Waals surface area contributed by atoms with Crippen LogP contribution in [-0.4, -0.2) is 5.11 Å². The van der Waals surface area contributed by atoms with E-state index in [1.807, 2.05) is 12.1 Å². The lowest BCUT2D eigenvalue weighted by atomic mass is 10.0. The zero-order valence-corrected chi connectivity index (χ0v) is 13.8. The van der Waals surface area contributed by atoms with Crippen LogP contribution in [0.1, 0.15) is 30.9 Å². The zero-order valence-electron chi connectivity index (χ0n) is 8.62. The van der Waals surface area contributed by atoms with Gasteiger partial charge in [0.05, 0.1) is 7.14 Å². The number of rotatable bonds is 3. The quantitative estimate of drug-likeness (QED) is 0.667. The van der Waals surface area contributed by atoms with Gasteiger partial charge in [-0.05, 0) is 75.2 Å². The Kier molecular flexibility index (Phi) is 5.60. The van der Waals surface area contributed by atoms with E-state index in [1.54, 1.807) is 0 Å². The van der Waals surface area contributed by atoms with Crippen molar-refractivity contribution in [2.45, 2.75) is 25.3 Å². The molecular formula is C11H14ClI2NO. The summed E-state index contributed by atoms with van der Waals surface area (Å²) in [4.78, 5) is 0. The lowest BCUT2D eigenvalue weighted by Crippen LogP contribution is -2.11. The van der Waals surface area contributed by atoms with Crippen molar-refractivity contribution in [2.24, 2.45) is 11.7 Å². The minimum atomic E-state index is 0. The van der Waals surface area contributed by atoms with Gasteiger partial charge in [-0.15, -0.1) is 12.4 Å². The highest BCUT2D eigenvalue weighted by atomic mass is 127. The first-order valence-electron chi connectivity index (χ1n) is 5.01. The molecule has 1 saturated carbocycles. The molecule has 5 heteroatoms. The third kappa shape index (κ3) is 3.61. The first-order valence-corrected chi connectivity index (χ1v) is 7.17. The summed E-state index contributed by atoms with van der Waals surface area (Å²) >= 11 is 4.30. The molecule has 1 aliphatic rings. The summed E-state index contributed by atoms with van der Waals surface area (Å²) in [5.41, 5.74) is 7.28. The molecule has 3 N–H and O–H groups in total. The van der Waals surface area contributed by atoms with Crippen LogP contribution < -0.4 is 5.73 Å². The average molecular weight is 466 g/mol. The Balaban J connectivity index is 0.00000128. The molecule has 90 valence electrons. The molecule has 1 aromatic carbocycles. The van der Waals surface area contributed by atoms with E-state index < -0.39 is 0 Å². The summed E-state index contributed by atoms with van der Waals surface area (Å²) in [6, 6.07) is 4.11. The second-order valence-corrected chi connectivity index (χ2v) is 6.44. The summed E-state index contributed by atoms with van der Waals surface area (Å²) in [7, 11) is 0. The largest absolute Gasteiger partial charge is 0.506 e. The maximum Gasteiger partial charge on any atom is 0.142 e. The van der Waals surface area contributed by atoms with Crippen LogP contribution in [0.25, 0.3) is 0 Å². The van der Waals surface area contributed by atoms with Crippen molar-refractivity contribution in [3.05, 3.63) is 24.8 Å². The van der Waals surface area contributed by atoms with Crippen molar-refractivity contribution in [2.75, 3.05) is 0 Å². The first-order chi connectivity index (χ1) is 7.08. The Morgan fingerprint density at radius 2 is 1.81 bits per heavy atom. The molecule has 1 atom stereocenters. The third-order valence-electron chi connectivity index (χ3n) is 2.75. The van der Waals surface area contributed by atoms with Gasteiger partial charge in [-0.25, -0.2) is 0 Å². The fraction of sp³-hybridized carbons (Fsp3) is 0.455. The minimum Gasteiger partial charge on any atom is -0.506 e. The van der Waals surface area contributed by atoms with E-state index in [4.69, 9.17) is 5.73 Å². The maximum absolute atomic E-state index is 9.65. The van der Waals surface area contributed by atoms with Crippen LogP contribution in [-0.2, 0) is 0 Å². The Morgan fingerprint density at radius 3 is 2.25 bits per heavy atom. The summed E-state index contributed by atoms with van der Waals surface area (Å²) in [6.45, 7) is 0. The highest BCUT2D eigenvalue weighted by molar-refractivity contribution is 14.1. The van der Waals surface area contributed by atoms with Crippen LogP contribution in [0.3, 0.4) is 0 Å². The van der Waals surface area contributed by atoms with E-state index in [0.717, 1.165) is 25.0 Å². The lowest BCUT2D eigenvalue weighted by molar-refractivity contribution is 0.466. The van der Waals surface area contributed by atoms with Gasteiger partial charge in [0.2, 0.25) is 0 Å². The molecule has 1 aliphatic carbocycles. The highest BCUT2D eigenvalue weighted by Crippen LogP contribution is 2.38. The fourth-order valence-corrected chi connectivity index (χ4v) is 3.46. The van der Waals surface area contributed by atoms with Crippen molar-refractivity contribution in [3.63, 3.8) is 0 Å². The molecule has 0 spiro atoms. The van der Waals surface area contributed by atoms with Crippen LogP contribution in [0, 0.1) is 13.1 Å². The van der Waals surface area contributed by atoms with Crippen molar-refractivity contribution in [1.82, 2.24) is 0 Å². The standard InChI is InChI=1S/C11H13I2NO.ClH/c12-8-4-7(5-9(13)11(8)15)10(14)3-6-1-2-6;/h4-6,10,15H,1-3,14H2;1H/t10-;/m1./s1. The number of nitrogens with two attached hydrogens (primary N) is 1. The number of hydrogen-bond donors (Lipinski definition) is 2. The molecule has 0 aliphatic heterocycles. The van der Waals surface area contributed by atoms with E-state index in [1.165, 1.54) is 12.8 Å². The van der Waals surface area contributed by atoms with Gasteiger partial charge in [0.1, 0.15) is 5.75 Å². The summed E-state index contributed by atoms with van der Waals surface area (Å²) in [5, 5.41) is 9.65. The van der Waals surface area contributed by atoms with Gasteiger partial charge in [0.15, 0.2) is 0 Å². The van der Waals surface area contributed by atoms with Crippen molar-refractivity contribution in [3.8, 4) is 5.75 Å². The van der Waals surface area contributed by atoms with Gasteiger partial charge in [-0.2, -0.15) is 0 Å². The molecule has 0 heterocycles. The average Bonchev–Trinajstić information content (AvgIpc) is 2.97. The number of aromatic hydroxyl groups is 1. The second-order valence-electron chi connectivity index (χ2n) is 4.12. The molecule has 2 nitrogen and oxygen atoms in total.